The molecular formula is C5H3F2IN2O. The second-order valence-corrected chi connectivity index (χ2v) is 2.88. The Morgan fingerprint density at radius 3 is 2.73 bits per heavy atom. The third-order valence-corrected chi connectivity index (χ3v) is 1.91. The zero-order valence-corrected chi connectivity index (χ0v) is 7.33. The first-order chi connectivity index (χ1) is 5.16. The van der Waals surface area contributed by atoms with Crippen LogP contribution in [-0.4, -0.2) is 16.1 Å². The molecule has 0 saturated carbocycles. The lowest BCUT2D eigenvalue weighted by Crippen LogP contribution is -2.04. The van der Waals surface area contributed by atoms with Crippen LogP contribution in [0.4, 0.5) is 8.78 Å². The van der Waals surface area contributed by atoms with Gasteiger partial charge in [0.2, 0.25) is 0 Å². The van der Waals surface area contributed by atoms with Gasteiger partial charge in [0.1, 0.15) is 5.69 Å². The van der Waals surface area contributed by atoms with Crippen LogP contribution >= 0.6 is 22.6 Å². The first-order valence-electron chi connectivity index (χ1n) is 2.63. The maximum Gasteiger partial charge on any atom is 0.333 e. The van der Waals surface area contributed by atoms with Crippen LogP contribution in [0.15, 0.2) is 6.20 Å². The van der Waals surface area contributed by atoms with Crippen molar-refractivity contribution in [2.75, 3.05) is 0 Å². The Hall–Kier alpha value is -0.530. The van der Waals surface area contributed by atoms with E-state index in [1.807, 2.05) is 0 Å². The van der Waals surface area contributed by atoms with E-state index in [2.05, 4.69) is 5.10 Å². The molecule has 0 bridgehead atoms. The molecule has 1 aromatic rings. The van der Waals surface area contributed by atoms with Gasteiger partial charge in [0, 0.05) is 0 Å². The van der Waals surface area contributed by atoms with Gasteiger partial charge in [0.25, 0.3) is 0 Å². The summed E-state index contributed by atoms with van der Waals surface area (Å²) in [6.07, 6.45) is 1.58. The number of aldehydes is 1. The van der Waals surface area contributed by atoms with Gasteiger partial charge in [-0.2, -0.15) is 18.6 Å². The Morgan fingerprint density at radius 2 is 2.36 bits per heavy atom. The summed E-state index contributed by atoms with van der Waals surface area (Å²) < 4.78 is 24.7. The van der Waals surface area contributed by atoms with E-state index in [1.54, 1.807) is 22.6 Å². The number of halogens is 3. The monoisotopic (exact) mass is 272 g/mol. The number of carbonyl (C=O) groups excluding carboxylic acids is 1. The lowest BCUT2D eigenvalue weighted by Gasteiger charge is -1.98. The van der Waals surface area contributed by atoms with Crippen molar-refractivity contribution in [1.82, 2.24) is 9.78 Å². The van der Waals surface area contributed by atoms with Crippen molar-refractivity contribution in [3.8, 4) is 0 Å². The highest BCUT2D eigenvalue weighted by Crippen LogP contribution is 2.15. The van der Waals surface area contributed by atoms with Gasteiger partial charge in [0.05, 0.1) is 9.77 Å². The van der Waals surface area contributed by atoms with Gasteiger partial charge in [-0.1, -0.05) is 0 Å². The number of hydrogen-bond donors (Lipinski definition) is 0. The Bertz CT molecular complexity index is 273. The predicted molar refractivity (Wildman–Crippen MR) is 41.6 cm³/mol. The Labute approximate surface area is 74.5 Å². The predicted octanol–water partition coefficient (Wildman–Crippen LogP) is 1.70. The molecule has 6 heteroatoms. The van der Waals surface area contributed by atoms with Gasteiger partial charge in [-0.3, -0.25) is 4.79 Å². The molecule has 0 radical (unpaired) electrons. The minimum absolute atomic E-state index is 0.0828. The molecule has 1 aromatic heterocycles. The summed E-state index contributed by atoms with van der Waals surface area (Å²) >= 11 is 1.77. The van der Waals surface area contributed by atoms with E-state index in [-0.39, 0.29) is 5.69 Å². The normalized spacial score (nSPS) is 10.5. The average molecular weight is 272 g/mol. The molecule has 0 atom stereocenters. The van der Waals surface area contributed by atoms with E-state index in [4.69, 9.17) is 0 Å². The molecule has 0 amide bonds. The molecule has 3 nitrogen and oxygen atoms in total. The van der Waals surface area contributed by atoms with Gasteiger partial charge in [-0.05, 0) is 22.6 Å². The maximum atomic E-state index is 12.0. The fourth-order valence-electron chi connectivity index (χ4n) is 0.616. The Morgan fingerprint density at radius 1 is 1.73 bits per heavy atom. The van der Waals surface area contributed by atoms with Crippen molar-refractivity contribution in [3.05, 3.63) is 15.5 Å². The minimum atomic E-state index is -2.75. The lowest BCUT2D eigenvalue weighted by atomic mass is 10.5. The second kappa shape index (κ2) is 3.24. The zero-order chi connectivity index (χ0) is 8.43. The number of hydrogen-bond acceptors (Lipinski definition) is 2. The summed E-state index contributed by atoms with van der Waals surface area (Å²) in [5, 5.41) is 3.31. The van der Waals surface area contributed by atoms with Gasteiger partial charge >= 0.3 is 6.55 Å². The number of aromatic nitrogens is 2. The molecule has 0 fully saturated rings. The van der Waals surface area contributed by atoms with Crippen LogP contribution in [0, 0.1) is 3.57 Å². The molecule has 60 valence electrons. The molecule has 0 aliphatic heterocycles. The van der Waals surface area contributed by atoms with Gasteiger partial charge in [-0.15, -0.1) is 0 Å². The fourth-order valence-corrected chi connectivity index (χ4v) is 1.12. The quantitative estimate of drug-likeness (QED) is 0.606. The van der Waals surface area contributed by atoms with E-state index in [0.717, 1.165) is 0 Å². The Kier molecular flexibility index (Phi) is 2.53. The van der Waals surface area contributed by atoms with Gasteiger partial charge < -0.3 is 0 Å². The van der Waals surface area contributed by atoms with Crippen molar-refractivity contribution >= 4 is 28.9 Å². The van der Waals surface area contributed by atoms with E-state index < -0.39 is 6.55 Å². The first kappa shape index (κ1) is 8.57. The summed E-state index contributed by atoms with van der Waals surface area (Å²) in [5.41, 5.74) is -0.0828. The molecule has 11 heavy (non-hydrogen) atoms. The third kappa shape index (κ3) is 1.55. The minimum Gasteiger partial charge on any atom is -0.296 e. The largest absolute Gasteiger partial charge is 0.333 e. The van der Waals surface area contributed by atoms with Crippen molar-refractivity contribution in [2.45, 2.75) is 6.55 Å². The molecule has 1 heterocycles. The van der Waals surface area contributed by atoms with Crippen LogP contribution in [0.5, 0.6) is 0 Å². The van der Waals surface area contributed by atoms with Gasteiger partial charge in [-0.25, -0.2) is 0 Å². The van der Waals surface area contributed by atoms with Gasteiger partial charge in [0.15, 0.2) is 6.29 Å². The number of alkyl halides is 2. The van der Waals surface area contributed by atoms with Crippen LogP contribution in [0.2, 0.25) is 0 Å². The standard InChI is InChI=1S/C5H3F2IN2O/c6-5(7)10-4(2-11)3(8)1-9-10/h1-2,5H. The summed E-state index contributed by atoms with van der Waals surface area (Å²) in [4.78, 5) is 10.2. The molecule has 0 aliphatic carbocycles. The Balaban J connectivity index is 3.15. The van der Waals surface area contributed by atoms with E-state index in [1.165, 1.54) is 6.20 Å². The lowest BCUT2D eigenvalue weighted by molar-refractivity contribution is 0.0532. The molecule has 0 spiro atoms. The van der Waals surface area contributed by atoms with Crippen molar-refractivity contribution < 1.29 is 13.6 Å². The summed E-state index contributed by atoms with van der Waals surface area (Å²) in [6.45, 7) is -2.75. The molecule has 0 N–H and O–H groups in total. The topological polar surface area (TPSA) is 34.9 Å². The highest BCUT2D eigenvalue weighted by atomic mass is 127. The third-order valence-electron chi connectivity index (χ3n) is 1.08. The number of rotatable bonds is 2. The highest BCUT2D eigenvalue weighted by Gasteiger charge is 2.14. The van der Waals surface area contributed by atoms with E-state index >= 15 is 0 Å². The molecule has 0 unspecified atom stereocenters. The second-order valence-electron chi connectivity index (χ2n) is 1.72. The number of carbonyl (C=O) groups is 1. The first-order valence-corrected chi connectivity index (χ1v) is 3.71. The fraction of sp³-hybridized carbons (Fsp3) is 0.200. The molecular weight excluding hydrogens is 269 g/mol. The molecule has 0 aliphatic rings. The van der Waals surface area contributed by atoms with Crippen molar-refractivity contribution in [3.63, 3.8) is 0 Å². The van der Waals surface area contributed by atoms with Crippen LogP contribution in [0.25, 0.3) is 0 Å². The molecule has 1 rings (SSSR count). The smallest absolute Gasteiger partial charge is 0.296 e. The molecule has 0 saturated heterocycles. The highest BCUT2D eigenvalue weighted by molar-refractivity contribution is 14.1. The zero-order valence-electron chi connectivity index (χ0n) is 5.17. The van der Waals surface area contributed by atoms with E-state index in [9.17, 15) is 13.6 Å². The SMILES string of the molecule is O=Cc1c(I)cnn1C(F)F. The van der Waals surface area contributed by atoms with Crippen LogP contribution < -0.4 is 0 Å². The number of nitrogens with zero attached hydrogens (tertiary/aromatic N) is 2. The van der Waals surface area contributed by atoms with Crippen LogP contribution in [-0.2, 0) is 0 Å². The summed E-state index contributed by atoms with van der Waals surface area (Å²) in [5.74, 6) is 0. The van der Waals surface area contributed by atoms with Crippen molar-refractivity contribution in [1.29, 1.82) is 0 Å². The summed E-state index contributed by atoms with van der Waals surface area (Å²) in [6, 6.07) is 0. The summed E-state index contributed by atoms with van der Waals surface area (Å²) in [7, 11) is 0. The van der Waals surface area contributed by atoms with Crippen molar-refractivity contribution in [2.24, 2.45) is 0 Å². The van der Waals surface area contributed by atoms with E-state index in [0.29, 0.717) is 14.5 Å². The van der Waals surface area contributed by atoms with Crippen LogP contribution in [0.3, 0.4) is 0 Å². The van der Waals surface area contributed by atoms with Crippen LogP contribution in [0.1, 0.15) is 17.0 Å². The molecule has 0 aromatic carbocycles. The average Bonchev–Trinajstić information content (AvgIpc) is 2.30. The maximum absolute atomic E-state index is 12.0.